The molecule has 0 amide bonds. The van der Waals surface area contributed by atoms with Crippen LogP contribution in [0.4, 0.5) is 0 Å². The van der Waals surface area contributed by atoms with Crippen molar-refractivity contribution in [3.05, 3.63) is 47.8 Å². The summed E-state index contributed by atoms with van der Waals surface area (Å²) in [6.07, 6.45) is 4.95. The minimum Gasteiger partial charge on any atom is -0.495 e. The molecule has 3 rings (SSSR count). The lowest BCUT2D eigenvalue weighted by Gasteiger charge is -2.06. The van der Waals surface area contributed by atoms with E-state index < -0.39 is 0 Å². The molecule has 0 atom stereocenters. The van der Waals surface area contributed by atoms with Gasteiger partial charge in [0.2, 0.25) is 0 Å². The van der Waals surface area contributed by atoms with Gasteiger partial charge in [0.25, 0.3) is 0 Å². The zero-order chi connectivity index (χ0) is 12.5. The summed E-state index contributed by atoms with van der Waals surface area (Å²) in [4.78, 5) is 15.9. The van der Waals surface area contributed by atoms with Crippen molar-refractivity contribution >= 4 is 5.78 Å². The second kappa shape index (κ2) is 4.26. The van der Waals surface area contributed by atoms with Crippen molar-refractivity contribution in [3.8, 4) is 16.9 Å². The van der Waals surface area contributed by atoms with E-state index >= 15 is 0 Å². The number of carbonyl (C=O) groups is 1. The Hall–Kier alpha value is -2.16. The largest absolute Gasteiger partial charge is 0.495 e. The molecule has 90 valence electrons. The summed E-state index contributed by atoms with van der Waals surface area (Å²) >= 11 is 0. The van der Waals surface area contributed by atoms with Gasteiger partial charge in [-0.3, -0.25) is 9.78 Å². The second-order valence-electron chi connectivity index (χ2n) is 4.41. The maximum Gasteiger partial charge on any atom is 0.163 e. The van der Waals surface area contributed by atoms with Crippen molar-refractivity contribution in [1.29, 1.82) is 0 Å². The maximum atomic E-state index is 11.7. The highest BCUT2D eigenvalue weighted by atomic mass is 16.5. The van der Waals surface area contributed by atoms with Gasteiger partial charge >= 0.3 is 0 Å². The van der Waals surface area contributed by atoms with Gasteiger partial charge in [-0.2, -0.15) is 0 Å². The molecule has 3 heteroatoms. The van der Waals surface area contributed by atoms with Crippen LogP contribution in [-0.4, -0.2) is 17.9 Å². The Morgan fingerprint density at radius 3 is 2.83 bits per heavy atom. The number of hydrogen-bond acceptors (Lipinski definition) is 3. The Balaban J connectivity index is 2.07. The zero-order valence-electron chi connectivity index (χ0n) is 10.1. The first-order valence-corrected chi connectivity index (χ1v) is 5.93. The summed E-state index contributed by atoms with van der Waals surface area (Å²) in [6, 6.07) is 7.96. The summed E-state index contributed by atoms with van der Waals surface area (Å²) in [6.45, 7) is 0. The molecular weight excluding hydrogens is 226 g/mol. The Labute approximate surface area is 105 Å². The van der Waals surface area contributed by atoms with E-state index in [1.807, 2.05) is 24.3 Å². The van der Waals surface area contributed by atoms with Crippen LogP contribution in [-0.2, 0) is 6.42 Å². The van der Waals surface area contributed by atoms with Crippen LogP contribution >= 0.6 is 0 Å². The molecule has 0 bridgehead atoms. The van der Waals surface area contributed by atoms with Crippen LogP contribution in [0.15, 0.2) is 36.7 Å². The highest BCUT2D eigenvalue weighted by molar-refractivity contribution is 6.01. The molecule has 0 fully saturated rings. The molecule has 1 aliphatic rings. The van der Waals surface area contributed by atoms with Crippen LogP contribution in [0.2, 0.25) is 0 Å². The number of nitrogens with zero attached hydrogens (tertiary/aromatic N) is 1. The van der Waals surface area contributed by atoms with Crippen LogP contribution in [0.25, 0.3) is 11.1 Å². The van der Waals surface area contributed by atoms with Crippen LogP contribution in [0.5, 0.6) is 5.75 Å². The predicted molar refractivity (Wildman–Crippen MR) is 68.9 cm³/mol. The lowest BCUT2D eigenvalue weighted by atomic mass is 10.0. The van der Waals surface area contributed by atoms with Crippen LogP contribution in [0, 0.1) is 0 Å². The van der Waals surface area contributed by atoms with Crippen LogP contribution < -0.4 is 4.74 Å². The Kier molecular flexibility index (Phi) is 2.59. The number of rotatable bonds is 2. The molecule has 0 saturated heterocycles. The van der Waals surface area contributed by atoms with Crippen molar-refractivity contribution in [2.24, 2.45) is 0 Å². The van der Waals surface area contributed by atoms with Gasteiger partial charge in [0.15, 0.2) is 5.78 Å². The van der Waals surface area contributed by atoms with Gasteiger partial charge in [0.1, 0.15) is 5.75 Å². The second-order valence-corrected chi connectivity index (χ2v) is 4.41. The zero-order valence-corrected chi connectivity index (χ0v) is 10.1. The molecule has 1 aromatic carbocycles. The summed E-state index contributed by atoms with van der Waals surface area (Å²) < 4.78 is 5.16. The smallest absolute Gasteiger partial charge is 0.163 e. The first kappa shape index (κ1) is 11.0. The van der Waals surface area contributed by atoms with Crippen LogP contribution in [0.1, 0.15) is 22.3 Å². The molecular formula is C15H13NO2. The molecule has 0 saturated carbocycles. The fraction of sp³-hybridized carbons (Fsp3) is 0.200. The Bertz CT molecular complexity index is 620. The average Bonchev–Trinajstić information content (AvgIpc) is 2.80. The normalized spacial score (nSPS) is 13.5. The number of ketones is 1. The quantitative estimate of drug-likeness (QED) is 0.808. The first-order chi connectivity index (χ1) is 8.78. The van der Waals surface area contributed by atoms with Crippen molar-refractivity contribution in [3.63, 3.8) is 0 Å². The highest BCUT2D eigenvalue weighted by Crippen LogP contribution is 2.29. The van der Waals surface area contributed by atoms with Gasteiger partial charge in [-0.05, 0) is 29.7 Å². The number of ether oxygens (including phenoxy) is 1. The predicted octanol–water partition coefficient (Wildman–Crippen LogP) is 2.89. The van der Waals surface area contributed by atoms with Gasteiger partial charge in [0, 0.05) is 23.7 Å². The molecule has 0 spiro atoms. The van der Waals surface area contributed by atoms with Crippen molar-refractivity contribution in [2.75, 3.05) is 7.11 Å². The number of pyridine rings is 1. The SMILES string of the molecule is COc1cncc(-c2ccc3c(c2)C(=O)CC3)c1. The summed E-state index contributed by atoms with van der Waals surface area (Å²) in [5, 5.41) is 0. The third-order valence-electron chi connectivity index (χ3n) is 3.31. The summed E-state index contributed by atoms with van der Waals surface area (Å²) in [5.41, 5.74) is 3.99. The monoisotopic (exact) mass is 239 g/mol. The van der Waals surface area contributed by atoms with Gasteiger partial charge in [0.05, 0.1) is 13.3 Å². The molecule has 1 heterocycles. The summed E-state index contributed by atoms with van der Waals surface area (Å²) in [7, 11) is 1.62. The van der Waals surface area contributed by atoms with E-state index in [0.29, 0.717) is 6.42 Å². The molecule has 3 nitrogen and oxygen atoms in total. The molecule has 18 heavy (non-hydrogen) atoms. The fourth-order valence-electron chi connectivity index (χ4n) is 2.30. The van der Waals surface area contributed by atoms with Gasteiger partial charge in [-0.25, -0.2) is 0 Å². The minimum absolute atomic E-state index is 0.239. The van der Waals surface area contributed by atoms with E-state index in [9.17, 15) is 4.79 Å². The number of methoxy groups -OCH3 is 1. The topological polar surface area (TPSA) is 39.2 Å². The standard InChI is InChI=1S/C15H13NO2/c1-18-13-6-12(8-16-9-13)11-3-2-10-4-5-15(17)14(10)7-11/h2-3,6-9H,4-5H2,1H3. The Morgan fingerprint density at radius 1 is 1.11 bits per heavy atom. The van der Waals surface area contributed by atoms with Crippen LogP contribution in [0.3, 0.4) is 0 Å². The van der Waals surface area contributed by atoms with Gasteiger partial charge in [-0.15, -0.1) is 0 Å². The Morgan fingerprint density at radius 2 is 2.00 bits per heavy atom. The number of hydrogen-bond donors (Lipinski definition) is 0. The van der Waals surface area contributed by atoms with E-state index in [4.69, 9.17) is 4.74 Å². The van der Waals surface area contributed by atoms with Crippen molar-refractivity contribution < 1.29 is 9.53 Å². The average molecular weight is 239 g/mol. The minimum atomic E-state index is 0.239. The number of carbonyl (C=O) groups excluding carboxylic acids is 1. The number of aryl methyl sites for hydroxylation is 1. The molecule has 0 N–H and O–H groups in total. The number of Topliss-reactive ketones (excluding diaryl/α,β-unsaturated/α-hetero) is 1. The van der Waals surface area contributed by atoms with E-state index in [1.165, 1.54) is 0 Å². The van der Waals surface area contributed by atoms with E-state index in [0.717, 1.165) is 34.4 Å². The van der Waals surface area contributed by atoms with Gasteiger partial charge < -0.3 is 4.74 Å². The van der Waals surface area contributed by atoms with E-state index in [-0.39, 0.29) is 5.78 Å². The molecule has 2 aromatic rings. The number of aromatic nitrogens is 1. The molecule has 1 aromatic heterocycles. The maximum absolute atomic E-state index is 11.7. The third kappa shape index (κ3) is 1.78. The molecule has 0 radical (unpaired) electrons. The highest BCUT2D eigenvalue weighted by Gasteiger charge is 2.19. The fourth-order valence-corrected chi connectivity index (χ4v) is 2.30. The molecule has 0 aliphatic heterocycles. The van der Waals surface area contributed by atoms with Gasteiger partial charge in [-0.1, -0.05) is 12.1 Å². The van der Waals surface area contributed by atoms with E-state index in [1.54, 1.807) is 19.5 Å². The first-order valence-electron chi connectivity index (χ1n) is 5.93. The van der Waals surface area contributed by atoms with Crippen molar-refractivity contribution in [1.82, 2.24) is 4.98 Å². The molecule has 0 unspecified atom stereocenters. The lowest BCUT2D eigenvalue weighted by molar-refractivity contribution is 0.0994. The number of fused-ring (bicyclic) bond motifs is 1. The number of benzene rings is 1. The summed E-state index contributed by atoms with van der Waals surface area (Å²) in [5.74, 6) is 0.960. The van der Waals surface area contributed by atoms with Crippen molar-refractivity contribution in [2.45, 2.75) is 12.8 Å². The van der Waals surface area contributed by atoms with E-state index in [2.05, 4.69) is 4.98 Å². The lowest BCUT2D eigenvalue weighted by Crippen LogP contribution is -1.92. The third-order valence-corrected chi connectivity index (χ3v) is 3.31. The molecule has 1 aliphatic carbocycles.